The highest BCUT2D eigenvalue weighted by atomic mass is 35.5. The van der Waals surface area contributed by atoms with Gasteiger partial charge in [0.1, 0.15) is 15.9 Å². The number of aliphatic hydroxyl groups is 1. The van der Waals surface area contributed by atoms with Crippen LogP contribution in [0, 0.1) is 0 Å². The number of carbonyl (C=O) groups is 1. The molecule has 2 heterocycles. The molecule has 1 aromatic heterocycles. The lowest BCUT2D eigenvalue weighted by atomic mass is 10.0. The second-order valence-corrected chi connectivity index (χ2v) is 9.38. The number of amides is 1. The highest BCUT2D eigenvalue weighted by molar-refractivity contribution is 6.41. The Bertz CT molecular complexity index is 1100. The number of aromatic nitrogens is 2. The minimum atomic E-state index is -0.505. The molecule has 0 saturated carbocycles. The molecule has 2 N–H and O–H groups in total. The van der Waals surface area contributed by atoms with E-state index in [9.17, 15) is 9.90 Å². The Balaban J connectivity index is 1.32. The molecule has 1 aliphatic heterocycles. The highest BCUT2D eigenvalue weighted by Crippen LogP contribution is 2.27. The van der Waals surface area contributed by atoms with Crippen LogP contribution in [0.2, 0.25) is 10.2 Å². The van der Waals surface area contributed by atoms with Crippen molar-refractivity contribution >= 4 is 29.1 Å². The van der Waals surface area contributed by atoms with Crippen LogP contribution in [0.5, 0.6) is 0 Å². The number of aryl methyl sites for hydroxylation is 1. The maximum absolute atomic E-state index is 12.8. The van der Waals surface area contributed by atoms with E-state index in [1.54, 1.807) is 19.0 Å². The molecule has 6 nitrogen and oxygen atoms in total. The molecule has 1 saturated heterocycles. The van der Waals surface area contributed by atoms with Crippen LogP contribution in [0.25, 0.3) is 0 Å². The second-order valence-electron chi connectivity index (χ2n) is 8.64. The van der Waals surface area contributed by atoms with Gasteiger partial charge < -0.3 is 15.3 Å². The Kier molecular flexibility index (Phi) is 7.39. The summed E-state index contributed by atoms with van der Waals surface area (Å²) in [5, 5.41) is 19.2. The molecule has 4 rings (SSSR count). The van der Waals surface area contributed by atoms with Gasteiger partial charge in [-0.05, 0) is 42.5 Å². The third kappa shape index (κ3) is 5.41. The number of rotatable bonds is 7. The van der Waals surface area contributed by atoms with Gasteiger partial charge in [0.15, 0.2) is 0 Å². The summed E-state index contributed by atoms with van der Waals surface area (Å²) in [6, 6.07) is 17.8. The summed E-state index contributed by atoms with van der Waals surface area (Å²) >= 11 is 12.3. The molecule has 0 bridgehead atoms. The maximum Gasteiger partial charge on any atom is 0.253 e. The summed E-state index contributed by atoms with van der Waals surface area (Å²) in [6.07, 6.45) is 2.28. The van der Waals surface area contributed by atoms with Crippen LogP contribution < -0.4 is 5.32 Å². The van der Waals surface area contributed by atoms with Crippen LogP contribution in [0.4, 0.5) is 0 Å². The minimum absolute atomic E-state index is 0.0545. The van der Waals surface area contributed by atoms with Gasteiger partial charge in [-0.15, -0.1) is 0 Å². The predicted octanol–water partition coefficient (Wildman–Crippen LogP) is 4.40. The molecule has 0 spiro atoms. The van der Waals surface area contributed by atoms with Crippen molar-refractivity contribution in [1.29, 1.82) is 0 Å². The molecule has 3 atom stereocenters. The van der Waals surface area contributed by atoms with Crippen LogP contribution in [-0.2, 0) is 20.0 Å². The lowest BCUT2D eigenvalue weighted by Gasteiger charge is -2.20. The van der Waals surface area contributed by atoms with Gasteiger partial charge in [-0.2, -0.15) is 5.10 Å². The summed E-state index contributed by atoms with van der Waals surface area (Å²) < 4.78 is 1.49. The molecule has 2 aromatic carbocycles. The van der Waals surface area contributed by atoms with Crippen molar-refractivity contribution in [2.24, 2.45) is 7.05 Å². The van der Waals surface area contributed by atoms with Gasteiger partial charge in [0.2, 0.25) is 0 Å². The van der Waals surface area contributed by atoms with Crippen molar-refractivity contribution in [1.82, 2.24) is 20.0 Å². The average molecular weight is 487 g/mol. The van der Waals surface area contributed by atoms with E-state index < -0.39 is 6.10 Å². The van der Waals surface area contributed by atoms with Crippen LogP contribution >= 0.6 is 23.2 Å². The second kappa shape index (κ2) is 10.3. The van der Waals surface area contributed by atoms with E-state index in [0.29, 0.717) is 27.5 Å². The molecule has 1 amide bonds. The summed E-state index contributed by atoms with van der Waals surface area (Å²) in [7, 11) is 3.43. The summed E-state index contributed by atoms with van der Waals surface area (Å²) in [4.78, 5) is 14.4. The maximum atomic E-state index is 12.8. The Morgan fingerprint density at radius 2 is 1.88 bits per heavy atom. The van der Waals surface area contributed by atoms with Gasteiger partial charge in [0.25, 0.3) is 5.91 Å². The van der Waals surface area contributed by atoms with Crippen LogP contribution in [0.15, 0.2) is 54.6 Å². The van der Waals surface area contributed by atoms with E-state index in [4.69, 9.17) is 23.2 Å². The fraction of sp³-hybridized carbons (Fsp3) is 0.360. The normalized spacial score (nSPS) is 18.9. The van der Waals surface area contributed by atoms with E-state index >= 15 is 0 Å². The smallest absolute Gasteiger partial charge is 0.253 e. The monoisotopic (exact) mass is 486 g/mol. The number of nitrogens with zero attached hydrogens (tertiary/aromatic N) is 3. The SMILES string of the molecule is CN(Cc1nn(C)c(Cl)c1Cl)C(=O)c1ccc(C[C@@H]2CC[C@H]([C@H](O)c3ccccc3)N2)cc1. The number of aliphatic hydroxyl groups excluding tert-OH is 1. The van der Waals surface area contributed by atoms with Gasteiger partial charge in [-0.3, -0.25) is 9.48 Å². The number of nitrogens with one attached hydrogen (secondary N) is 1. The lowest BCUT2D eigenvalue weighted by Crippen LogP contribution is -2.35. The molecule has 3 aromatic rings. The Hall–Kier alpha value is -2.38. The van der Waals surface area contributed by atoms with E-state index in [2.05, 4.69) is 10.4 Å². The van der Waals surface area contributed by atoms with Gasteiger partial charge in [0.05, 0.1) is 12.6 Å². The van der Waals surface area contributed by atoms with Gasteiger partial charge in [-0.25, -0.2) is 0 Å². The lowest BCUT2D eigenvalue weighted by molar-refractivity contribution is 0.0783. The zero-order valence-electron chi connectivity index (χ0n) is 18.7. The first kappa shape index (κ1) is 23.8. The summed E-state index contributed by atoms with van der Waals surface area (Å²) in [5.41, 5.74) is 3.27. The number of benzene rings is 2. The van der Waals surface area contributed by atoms with E-state index in [0.717, 1.165) is 30.4 Å². The Labute approximate surface area is 204 Å². The third-order valence-electron chi connectivity index (χ3n) is 6.20. The first-order valence-corrected chi connectivity index (χ1v) is 11.8. The average Bonchev–Trinajstić information content (AvgIpc) is 3.39. The largest absolute Gasteiger partial charge is 0.387 e. The van der Waals surface area contributed by atoms with Gasteiger partial charge in [0, 0.05) is 31.7 Å². The van der Waals surface area contributed by atoms with Crippen LogP contribution in [0.3, 0.4) is 0 Å². The molecule has 0 aliphatic carbocycles. The summed E-state index contributed by atoms with van der Waals surface area (Å²) in [5.74, 6) is -0.107. The number of hydrogen-bond acceptors (Lipinski definition) is 4. The molecule has 8 heteroatoms. The number of carbonyl (C=O) groups excluding carboxylic acids is 1. The fourth-order valence-electron chi connectivity index (χ4n) is 4.36. The third-order valence-corrected chi connectivity index (χ3v) is 7.13. The van der Waals surface area contributed by atoms with Crippen molar-refractivity contribution in [2.75, 3.05) is 7.05 Å². The Morgan fingerprint density at radius 3 is 2.52 bits per heavy atom. The Morgan fingerprint density at radius 1 is 1.18 bits per heavy atom. The number of hydrogen-bond donors (Lipinski definition) is 2. The molecular formula is C25H28Cl2N4O2. The molecule has 33 heavy (non-hydrogen) atoms. The van der Waals surface area contributed by atoms with Crippen molar-refractivity contribution in [3.8, 4) is 0 Å². The van der Waals surface area contributed by atoms with Crippen molar-refractivity contribution in [3.63, 3.8) is 0 Å². The van der Waals surface area contributed by atoms with E-state index in [1.165, 1.54) is 4.68 Å². The first-order valence-electron chi connectivity index (χ1n) is 11.0. The highest BCUT2D eigenvalue weighted by Gasteiger charge is 2.30. The van der Waals surface area contributed by atoms with Crippen molar-refractivity contribution in [3.05, 3.63) is 87.2 Å². The molecule has 0 radical (unpaired) electrons. The van der Waals surface area contributed by atoms with E-state index in [1.807, 2.05) is 54.6 Å². The zero-order valence-corrected chi connectivity index (χ0v) is 20.2. The van der Waals surface area contributed by atoms with Gasteiger partial charge >= 0.3 is 0 Å². The topological polar surface area (TPSA) is 70.4 Å². The number of halogens is 2. The molecular weight excluding hydrogens is 459 g/mol. The zero-order chi connectivity index (χ0) is 23.5. The fourth-order valence-corrected chi connectivity index (χ4v) is 4.73. The quantitative estimate of drug-likeness (QED) is 0.519. The molecule has 1 fully saturated rings. The van der Waals surface area contributed by atoms with Crippen LogP contribution in [-0.4, -0.2) is 44.8 Å². The van der Waals surface area contributed by atoms with Crippen LogP contribution in [0.1, 0.15) is 46.1 Å². The van der Waals surface area contributed by atoms with E-state index in [-0.39, 0.29) is 18.5 Å². The minimum Gasteiger partial charge on any atom is -0.387 e. The summed E-state index contributed by atoms with van der Waals surface area (Å²) in [6.45, 7) is 0.275. The predicted molar refractivity (Wildman–Crippen MR) is 131 cm³/mol. The van der Waals surface area contributed by atoms with Gasteiger partial charge in [-0.1, -0.05) is 65.7 Å². The first-order chi connectivity index (χ1) is 15.8. The standard InChI is InChI=1S/C25H28Cl2N4O2/c1-30(15-21-22(26)24(27)31(2)29-21)25(33)18-10-8-16(9-11-18)14-19-12-13-20(28-19)23(32)17-6-4-3-5-7-17/h3-11,19-20,23,28,32H,12-15H2,1-2H3/t19-,20+,23+/m0/s1. The van der Waals surface area contributed by atoms with Crippen molar-refractivity contribution in [2.45, 2.75) is 44.0 Å². The van der Waals surface area contributed by atoms with Crippen molar-refractivity contribution < 1.29 is 9.90 Å². The molecule has 1 aliphatic rings. The molecule has 0 unspecified atom stereocenters. The molecule has 174 valence electrons.